The molecule has 1 aromatic carbocycles. The predicted octanol–water partition coefficient (Wildman–Crippen LogP) is 1.72. The molecule has 0 saturated heterocycles. The number of anilines is 1. The lowest BCUT2D eigenvalue weighted by Gasteiger charge is -2.24. The van der Waals surface area contributed by atoms with Crippen molar-refractivity contribution in [1.82, 2.24) is 4.90 Å². The molecule has 20 heavy (non-hydrogen) atoms. The van der Waals surface area contributed by atoms with Crippen LogP contribution in [0.4, 0.5) is 10.1 Å². The van der Waals surface area contributed by atoms with E-state index in [0.29, 0.717) is 4.47 Å². The number of nitrogens with two attached hydrogens (primary N) is 1. The topological polar surface area (TPSA) is 75.4 Å². The number of rotatable bonds is 6. The number of nitrogens with zero attached hydrogens (tertiary/aromatic N) is 1. The van der Waals surface area contributed by atoms with Gasteiger partial charge < -0.3 is 11.1 Å². The number of hydrogen-bond acceptors (Lipinski definition) is 3. The van der Waals surface area contributed by atoms with Crippen LogP contribution in [0.1, 0.15) is 13.8 Å². The number of amides is 2. The van der Waals surface area contributed by atoms with Crippen LogP contribution < -0.4 is 11.1 Å². The number of nitrogens with one attached hydrogen (secondary N) is 1. The number of hydrogen-bond donors (Lipinski definition) is 2. The summed E-state index contributed by atoms with van der Waals surface area (Å²) in [6.07, 6.45) is 0. The maximum absolute atomic E-state index is 13.6. The van der Waals surface area contributed by atoms with Crippen molar-refractivity contribution in [2.45, 2.75) is 19.9 Å². The Labute approximate surface area is 125 Å². The summed E-state index contributed by atoms with van der Waals surface area (Å²) in [5.74, 6) is -1.44. The largest absolute Gasteiger partial charge is 0.369 e. The first-order chi connectivity index (χ1) is 9.29. The molecular weight excluding hydrogens is 329 g/mol. The summed E-state index contributed by atoms with van der Waals surface area (Å²) < 4.78 is 14.2. The van der Waals surface area contributed by atoms with Gasteiger partial charge in [0.25, 0.3) is 0 Å². The molecule has 0 fully saturated rings. The Morgan fingerprint density at radius 1 is 1.40 bits per heavy atom. The molecule has 0 bridgehead atoms. The minimum absolute atomic E-state index is 0.0199. The summed E-state index contributed by atoms with van der Waals surface area (Å²) in [5, 5.41) is 2.47. The number of benzene rings is 1. The molecule has 7 heteroatoms. The SMILES string of the molecule is CC(C)N(CC(N)=O)CC(=O)Nc1ccc(Br)cc1F. The van der Waals surface area contributed by atoms with Gasteiger partial charge in [0.1, 0.15) is 5.82 Å². The first kappa shape index (κ1) is 16.6. The lowest BCUT2D eigenvalue weighted by atomic mass is 10.3. The van der Waals surface area contributed by atoms with Crippen LogP contribution in [0.15, 0.2) is 22.7 Å². The third-order valence-corrected chi connectivity index (χ3v) is 3.13. The molecule has 0 spiro atoms. The second-order valence-electron chi connectivity index (χ2n) is 4.64. The van der Waals surface area contributed by atoms with E-state index in [4.69, 9.17) is 5.73 Å². The van der Waals surface area contributed by atoms with E-state index in [1.54, 1.807) is 11.0 Å². The highest BCUT2D eigenvalue weighted by molar-refractivity contribution is 9.10. The molecule has 0 aromatic heterocycles. The fourth-order valence-corrected chi connectivity index (χ4v) is 1.92. The predicted molar refractivity (Wildman–Crippen MR) is 78.6 cm³/mol. The van der Waals surface area contributed by atoms with Gasteiger partial charge in [0.2, 0.25) is 11.8 Å². The van der Waals surface area contributed by atoms with Gasteiger partial charge >= 0.3 is 0 Å². The average Bonchev–Trinajstić information content (AvgIpc) is 2.31. The fourth-order valence-electron chi connectivity index (χ4n) is 1.59. The highest BCUT2D eigenvalue weighted by Gasteiger charge is 2.17. The fraction of sp³-hybridized carbons (Fsp3) is 0.385. The van der Waals surface area contributed by atoms with Crippen LogP contribution in [0, 0.1) is 5.82 Å². The molecule has 0 saturated carbocycles. The highest BCUT2D eigenvalue weighted by Crippen LogP contribution is 2.19. The first-order valence-corrected chi connectivity index (χ1v) is 6.86. The molecule has 0 aliphatic carbocycles. The highest BCUT2D eigenvalue weighted by atomic mass is 79.9. The monoisotopic (exact) mass is 345 g/mol. The molecule has 1 aromatic rings. The smallest absolute Gasteiger partial charge is 0.238 e. The van der Waals surface area contributed by atoms with Crippen molar-refractivity contribution in [3.63, 3.8) is 0 Å². The van der Waals surface area contributed by atoms with Crippen molar-refractivity contribution in [3.05, 3.63) is 28.5 Å². The van der Waals surface area contributed by atoms with E-state index in [9.17, 15) is 14.0 Å². The number of carbonyl (C=O) groups excluding carboxylic acids is 2. The summed E-state index contributed by atoms with van der Waals surface area (Å²) in [6, 6.07) is 4.33. The summed E-state index contributed by atoms with van der Waals surface area (Å²) in [5.41, 5.74) is 5.22. The van der Waals surface area contributed by atoms with Crippen molar-refractivity contribution in [3.8, 4) is 0 Å². The van der Waals surface area contributed by atoms with Gasteiger partial charge in [-0.05, 0) is 32.0 Å². The average molecular weight is 346 g/mol. The second kappa shape index (κ2) is 7.35. The zero-order chi connectivity index (χ0) is 15.3. The minimum Gasteiger partial charge on any atom is -0.369 e. The maximum Gasteiger partial charge on any atom is 0.238 e. The zero-order valence-electron chi connectivity index (χ0n) is 11.3. The summed E-state index contributed by atoms with van der Waals surface area (Å²) in [7, 11) is 0. The standard InChI is InChI=1S/C13H17BrFN3O2/c1-8(2)18(6-12(16)19)7-13(20)17-11-4-3-9(14)5-10(11)15/h3-5,8H,6-7H2,1-2H3,(H2,16,19)(H,17,20). The van der Waals surface area contributed by atoms with Crippen molar-refractivity contribution < 1.29 is 14.0 Å². The zero-order valence-corrected chi connectivity index (χ0v) is 12.9. The summed E-state index contributed by atoms with van der Waals surface area (Å²) in [6.45, 7) is 3.64. The quantitative estimate of drug-likeness (QED) is 0.824. The van der Waals surface area contributed by atoms with Gasteiger partial charge in [-0.3, -0.25) is 14.5 Å². The van der Waals surface area contributed by atoms with Crippen LogP contribution in [0.2, 0.25) is 0 Å². The van der Waals surface area contributed by atoms with Gasteiger partial charge in [0, 0.05) is 10.5 Å². The molecule has 1 rings (SSSR count). The Morgan fingerprint density at radius 2 is 2.05 bits per heavy atom. The van der Waals surface area contributed by atoms with Crippen molar-refractivity contribution in [2.24, 2.45) is 5.73 Å². The molecule has 0 atom stereocenters. The number of primary amides is 1. The first-order valence-electron chi connectivity index (χ1n) is 6.07. The van der Waals surface area contributed by atoms with Crippen molar-refractivity contribution in [1.29, 1.82) is 0 Å². The summed E-state index contributed by atoms with van der Waals surface area (Å²) in [4.78, 5) is 24.4. The van der Waals surface area contributed by atoms with Crippen LogP contribution >= 0.6 is 15.9 Å². The van der Waals surface area contributed by atoms with Gasteiger partial charge in [0.05, 0.1) is 18.8 Å². The van der Waals surface area contributed by atoms with E-state index in [2.05, 4.69) is 21.2 Å². The normalized spacial score (nSPS) is 10.9. The Kier molecular flexibility index (Phi) is 6.09. The molecule has 0 aliphatic heterocycles. The van der Waals surface area contributed by atoms with Crippen molar-refractivity contribution >= 4 is 33.4 Å². The molecule has 5 nitrogen and oxygen atoms in total. The molecule has 0 heterocycles. The molecule has 110 valence electrons. The Morgan fingerprint density at radius 3 is 2.55 bits per heavy atom. The molecule has 0 unspecified atom stereocenters. The molecule has 2 amide bonds. The minimum atomic E-state index is -0.529. The van der Waals surface area contributed by atoms with Gasteiger partial charge in [-0.2, -0.15) is 0 Å². The third-order valence-electron chi connectivity index (χ3n) is 2.64. The van der Waals surface area contributed by atoms with Gasteiger partial charge in [-0.1, -0.05) is 15.9 Å². The Hall–Kier alpha value is -1.47. The Balaban J connectivity index is 2.68. The second-order valence-corrected chi connectivity index (χ2v) is 5.55. The van der Waals surface area contributed by atoms with Crippen LogP contribution in [-0.4, -0.2) is 35.8 Å². The van der Waals surface area contributed by atoms with Crippen LogP contribution in [0.5, 0.6) is 0 Å². The van der Waals surface area contributed by atoms with E-state index in [1.807, 2.05) is 13.8 Å². The number of halogens is 2. The van der Waals surface area contributed by atoms with Crippen LogP contribution in [0.25, 0.3) is 0 Å². The lowest BCUT2D eigenvalue weighted by molar-refractivity contribution is -0.121. The number of carbonyl (C=O) groups is 2. The third kappa shape index (κ3) is 5.26. The van der Waals surface area contributed by atoms with Gasteiger partial charge in [-0.15, -0.1) is 0 Å². The van der Waals surface area contributed by atoms with Gasteiger partial charge in [0.15, 0.2) is 0 Å². The molecule has 0 aliphatic rings. The van der Waals surface area contributed by atoms with E-state index < -0.39 is 17.6 Å². The van der Waals surface area contributed by atoms with E-state index >= 15 is 0 Å². The van der Waals surface area contributed by atoms with Crippen molar-refractivity contribution in [2.75, 3.05) is 18.4 Å². The van der Waals surface area contributed by atoms with Gasteiger partial charge in [-0.25, -0.2) is 4.39 Å². The maximum atomic E-state index is 13.6. The molecule has 3 N–H and O–H groups in total. The van der Waals surface area contributed by atoms with E-state index in [-0.39, 0.29) is 24.8 Å². The van der Waals surface area contributed by atoms with Crippen LogP contribution in [-0.2, 0) is 9.59 Å². The molecule has 0 radical (unpaired) electrons. The van der Waals surface area contributed by atoms with Crippen LogP contribution in [0.3, 0.4) is 0 Å². The lowest BCUT2D eigenvalue weighted by Crippen LogP contribution is -2.43. The Bertz CT molecular complexity index is 508. The summed E-state index contributed by atoms with van der Waals surface area (Å²) >= 11 is 3.14. The molecular formula is C13H17BrFN3O2. The van der Waals surface area contributed by atoms with E-state index in [0.717, 1.165) is 0 Å². The van der Waals surface area contributed by atoms with E-state index in [1.165, 1.54) is 12.1 Å².